The summed E-state index contributed by atoms with van der Waals surface area (Å²) < 4.78 is 42.7. The number of benzene rings is 1. The molecule has 108 valence electrons. The Morgan fingerprint density at radius 2 is 1.84 bits per heavy atom. The first-order valence-corrected chi connectivity index (χ1v) is 5.87. The fourth-order valence-corrected chi connectivity index (χ4v) is 1.76. The zero-order valence-corrected chi connectivity index (χ0v) is 11.0. The van der Waals surface area contributed by atoms with Crippen LogP contribution in [0.25, 0.3) is 0 Å². The van der Waals surface area contributed by atoms with Gasteiger partial charge in [0.15, 0.2) is 0 Å². The number of halogens is 3. The summed E-state index contributed by atoms with van der Waals surface area (Å²) in [7, 11) is 1.27. The average molecular weight is 277 g/mol. The van der Waals surface area contributed by atoms with Crippen molar-refractivity contribution in [2.75, 3.05) is 7.11 Å². The Balaban J connectivity index is 3.16. The first-order chi connectivity index (χ1) is 8.68. The Morgan fingerprint density at radius 3 is 2.26 bits per heavy atom. The molecule has 0 aliphatic rings. The summed E-state index contributed by atoms with van der Waals surface area (Å²) in [4.78, 5) is 0. The highest BCUT2D eigenvalue weighted by Gasteiger charge is 2.32. The molecule has 0 spiro atoms. The summed E-state index contributed by atoms with van der Waals surface area (Å²) in [5.41, 5.74) is 5.42. The number of alkyl halides is 3. The molecule has 6 heteroatoms. The Morgan fingerprint density at radius 1 is 1.26 bits per heavy atom. The second kappa shape index (κ2) is 5.79. The first kappa shape index (κ1) is 15.8. The molecule has 0 fully saturated rings. The van der Waals surface area contributed by atoms with Crippen LogP contribution < -0.4 is 10.5 Å². The minimum absolute atomic E-state index is 0.0297. The SMILES string of the molecule is COc1cc(C(F)(F)F)ccc1[C@H](N)[C@H](O)C(C)C. The second-order valence-electron chi connectivity index (χ2n) is 4.71. The topological polar surface area (TPSA) is 55.5 Å². The van der Waals surface area contributed by atoms with Gasteiger partial charge in [0.1, 0.15) is 5.75 Å². The van der Waals surface area contributed by atoms with E-state index in [-0.39, 0.29) is 11.7 Å². The molecule has 19 heavy (non-hydrogen) atoms. The van der Waals surface area contributed by atoms with E-state index in [0.717, 1.165) is 12.1 Å². The van der Waals surface area contributed by atoms with Crippen molar-refractivity contribution in [1.29, 1.82) is 0 Å². The predicted octanol–water partition coefficient (Wildman–Crippen LogP) is 2.73. The van der Waals surface area contributed by atoms with E-state index in [4.69, 9.17) is 10.5 Å². The molecule has 0 aliphatic heterocycles. The van der Waals surface area contributed by atoms with Gasteiger partial charge in [-0.1, -0.05) is 19.9 Å². The van der Waals surface area contributed by atoms with Crippen LogP contribution in [0.3, 0.4) is 0 Å². The average Bonchev–Trinajstić information content (AvgIpc) is 2.34. The van der Waals surface area contributed by atoms with Crippen molar-refractivity contribution in [3.8, 4) is 5.75 Å². The molecule has 0 aromatic heterocycles. The summed E-state index contributed by atoms with van der Waals surface area (Å²) >= 11 is 0. The summed E-state index contributed by atoms with van der Waals surface area (Å²) in [5.74, 6) is -0.0796. The van der Waals surface area contributed by atoms with E-state index in [1.807, 2.05) is 0 Å². The molecule has 2 atom stereocenters. The van der Waals surface area contributed by atoms with Crippen LogP contribution in [0.1, 0.15) is 31.0 Å². The quantitative estimate of drug-likeness (QED) is 0.889. The molecule has 3 nitrogen and oxygen atoms in total. The summed E-state index contributed by atoms with van der Waals surface area (Å²) in [6, 6.07) is 2.28. The van der Waals surface area contributed by atoms with Crippen molar-refractivity contribution in [2.45, 2.75) is 32.2 Å². The zero-order valence-electron chi connectivity index (χ0n) is 11.0. The number of nitrogens with two attached hydrogens (primary N) is 1. The van der Waals surface area contributed by atoms with Gasteiger partial charge in [0, 0.05) is 5.56 Å². The normalized spacial score (nSPS) is 15.4. The van der Waals surface area contributed by atoms with E-state index in [1.165, 1.54) is 13.2 Å². The third-order valence-electron chi connectivity index (χ3n) is 2.97. The third kappa shape index (κ3) is 3.61. The molecule has 0 saturated heterocycles. The lowest BCUT2D eigenvalue weighted by Crippen LogP contribution is -2.30. The summed E-state index contributed by atoms with van der Waals surface area (Å²) in [5, 5.41) is 9.89. The van der Waals surface area contributed by atoms with Gasteiger partial charge < -0.3 is 15.6 Å². The van der Waals surface area contributed by atoms with Gasteiger partial charge in [-0.05, 0) is 18.1 Å². The van der Waals surface area contributed by atoms with Gasteiger partial charge in [-0.15, -0.1) is 0 Å². The highest BCUT2D eigenvalue weighted by Crippen LogP contribution is 2.35. The van der Waals surface area contributed by atoms with E-state index in [9.17, 15) is 18.3 Å². The molecule has 0 amide bonds. The maximum absolute atomic E-state index is 12.6. The van der Waals surface area contributed by atoms with Gasteiger partial charge in [0.25, 0.3) is 0 Å². The highest BCUT2D eigenvalue weighted by atomic mass is 19.4. The van der Waals surface area contributed by atoms with Crippen molar-refractivity contribution in [2.24, 2.45) is 11.7 Å². The van der Waals surface area contributed by atoms with Crippen molar-refractivity contribution in [3.05, 3.63) is 29.3 Å². The molecule has 3 N–H and O–H groups in total. The molecular weight excluding hydrogens is 259 g/mol. The molecule has 0 unspecified atom stereocenters. The monoisotopic (exact) mass is 277 g/mol. The van der Waals surface area contributed by atoms with Crippen molar-refractivity contribution < 1.29 is 23.0 Å². The van der Waals surface area contributed by atoms with Gasteiger partial charge in [0.2, 0.25) is 0 Å². The fourth-order valence-electron chi connectivity index (χ4n) is 1.76. The van der Waals surface area contributed by atoms with Crippen LogP contribution in [0.2, 0.25) is 0 Å². The largest absolute Gasteiger partial charge is 0.496 e. The maximum atomic E-state index is 12.6. The Labute approximate surface area is 110 Å². The second-order valence-corrected chi connectivity index (χ2v) is 4.71. The van der Waals surface area contributed by atoms with E-state index < -0.39 is 23.9 Å². The highest BCUT2D eigenvalue weighted by molar-refractivity contribution is 5.41. The number of aliphatic hydroxyl groups is 1. The van der Waals surface area contributed by atoms with Crippen molar-refractivity contribution in [3.63, 3.8) is 0 Å². The van der Waals surface area contributed by atoms with E-state index in [2.05, 4.69) is 0 Å². The Hall–Kier alpha value is -1.27. The summed E-state index contributed by atoms with van der Waals surface area (Å²) in [6.45, 7) is 3.56. The van der Waals surface area contributed by atoms with Gasteiger partial charge in [-0.2, -0.15) is 13.2 Å². The smallest absolute Gasteiger partial charge is 0.416 e. The number of aliphatic hydroxyl groups excluding tert-OH is 1. The van der Waals surface area contributed by atoms with Gasteiger partial charge >= 0.3 is 6.18 Å². The summed E-state index contributed by atoms with van der Waals surface area (Å²) in [6.07, 6.45) is -5.29. The molecule has 1 aromatic carbocycles. The van der Waals surface area contributed by atoms with Crippen molar-refractivity contribution in [1.82, 2.24) is 0 Å². The lowest BCUT2D eigenvalue weighted by atomic mass is 9.93. The minimum atomic E-state index is -4.44. The number of hydrogen-bond acceptors (Lipinski definition) is 3. The molecule has 0 heterocycles. The number of rotatable bonds is 4. The Bertz CT molecular complexity index is 432. The molecule has 0 bridgehead atoms. The van der Waals surface area contributed by atoms with E-state index >= 15 is 0 Å². The molecular formula is C13H18F3NO2. The fraction of sp³-hybridized carbons (Fsp3) is 0.538. The van der Waals surface area contributed by atoms with Crippen LogP contribution in [0, 0.1) is 5.92 Å². The molecule has 0 radical (unpaired) electrons. The molecule has 1 aromatic rings. The number of methoxy groups -OCH3 is 1. The van der Waals surface area contributed by atoms with E-state index in [0.29, 0.717) is 5.56 Å². The molecule has 0 aliphatic carbocycles. The number of hydrogen-bond donors (Lipinski definition) is 2. The Kier molecular flexibility index (Phi) is 4.81. The van der Waals surface area contributed by atoms with Crippen LogP contribution >= 0.6 is 0 Å². The lowest BCUT2D eigenvalue weighted by Gasteiger charge is -2.24. The lowest BCUT2D eigenvalue weighted by molar-refractivity contribution is -0.137. The van der Waals surface area contributed by atoms with Crippen LogP contribution in [0.4, 0.5) is 13.2 Å². The minimum Gasteiger partial charge on any atom is -0.496 e. The predicted molar refractivity (Wildman–Crippen MR) is 65.8 cm³/mol. The van der Waals surface area contributed by atoms with Crippen LogP contribution in [-0.4, -0.2) is 18.3 Å². The zero-order chi connectivity index (χ0) is 14.8. The molecule has 0 saturated carbocycles. The third-order valence-corrected chi connectivity index (χ3v) is 2.97. The van der Waals surface area contributed by atoms with Crippen LogP contribution in [-0.2, 0) is 6.18 Å². The van der Waals surface area contributed by atoms with Crippen LogP contribution in [0.5, 0.6) is 5.75 Å². The first-order valence-electron chi connectivity index (χ1n) is 5.87. The van der Waals surface area contributed by atoms with E-state index in [1.54, 1.807) is 13.8 Å². The molecule has 1 rings (SSSR count). The van der Waals surface area contributed by atoms with Crippen molar-refractivity contribution >= 4 is 0 Å². The van der Waals surface area contributed by atoms with Gasteiger partial charge in [-0.25, -0.2) is 0 Å². The van der Waals surface area contributed by atoms with Crippen LogP contribution in [0.15, 0.2) is 18.2 Å². The van der Waals surface area contributed by atoms with Gasteiger partial charge in [-0.3, -0.25) is 0 Å². The standard InChI is InChI=1S/C13H18F3NO2/c1-7(2)12(18)11(17)9-5-4-8(13(14,15)16)6-10(9)19-3/h4-7,11-12,18H,17H2,1-3H3/t11-,12+/m0/s1. The maximum Gasteiger partial charge on any atom is 0.416 e. The van der Waals surface area contributed by atoms with Gasteiger partial charge in [0.05, 0.1) is 24.8 Å². The number of ether oxygens (including phenoxy) is 1.